The first-order valence-electron chi connectivity index (χ1n) is 10.9. The Hall–Kier alpha value is -4.12. The largest absolute Gasteiger partial charge is 0.503 e. The van der Waals surface area contributed by atoms with Crippen LogP contribution in [0.25, 0.3) is 6.08 Å². The van der Waals surface area contributed by atoms with Gasteiger partial charge in [0.25, 0.3) is 5.91 Å². The van der Waals surface area contributed by atoms with Gasteiger partial charge in [-0.1, -0.05) is 78.9 Å². The van der Waals surface area contributed by atoms with Crippen molar-refractivity contribution in [3.63, 3.8) is 0 Å². The Bertz CT molecular complexity index is 1200. The van der Waals surface area contributed by atoms with Gasteiger partial charge in [-0.15, -0.1) is 0 Å². The first kappa shape index (κ1) is 22.1. The molecule has 1 heterocycles. The Balaban J connectivity index is 1.73. The molecule has 166 valence electrons. The molecule has 0 fully saturated rings. The Kier molecular flexibility index (Phi) is 6.69. The lowest BCUT2D eigenvalue weighted by Crippen LogP contribution is -2.30. The second-order valence-electron chi connectivity index (χ2n) is 7.70. The van der Waals surface area contributed by atoms with E-state index in [4.69, 9.17) is 4.74 Å². The monoisotopic (exact) mass is 439 g/mol. The first-order valence-corrected chi connectivity index (χ1v) is 10.9. The lowest BCUT2D eigenvalue weighted by Gasteiger charge is -2.27. The summed E-state index contributed by atoms with van der Waals surface area (Å²) < 4.78 is 5.63. The molecule has 0 aromatic heterocycles. The average Bonchev–Trinajstić information content (AvgIpc) is 3.09. The van der Waals surface area contributed by atoms with E-state index in [1.165, 1.54) is 11.0 Å². The van der Waals surface area contributed by atoms with Gasteiger partial charge in [0.05, 0.1) is 18.2 Å². The molecule has 0 bridgehead atoms. The smallest absolute Gasteiger partial charge is 0.290 e. The Morgan fingerprint density at radius 3 is 2.39 bits per heavy atom. The minimum absolute atomic E-state index is 0.0664. The molecule has 3 aromatic carbocycles. The molecular weight excluding hydrogens is 414 g/mol. The molecular formula is C28H25NO4. The van der Waals surface area contributed by atoms with Gasteiger partial charge in [0.15, 0.2) is 11.5 Å². The minimum Gasteiger partial charge on any atom is -0.503 e. The fourth-order valence-electron chi connectivity index (χ4n) is 3.96. The lowest BCUT2D eigenvalue weighted by atomic mass is 9.95. The molecule has 1 aliphatic rings. The van der Waals surface area contributed by atoms with Crippen molar-refractivity contribution < 1.29 is 19.4 Å². The zero-order valence-electron chi connectivity index (χ0n) is 18.3. The summed E-state index contributed by atoms with van der Waals surface area (Å²) in [7, 11) is 0. The highest BCUT2D eigenvalue weighted by molar-refractivity contribution is 6.14. The van der Waals surface area contributed by atoms with Crippen LogP contribution in [0.1, 0.15) is 29.7 Å². The molecule has 0 radical (unpaired) electrons. The third kappa shape index (κ3) is 4.88. The summed E-state index contributed by atoms with van der Waals surface area (Å²) in [5, 5.41) is 10.8. The van der Waals surface area contributed by atoms with Crippen molar-refractivity contribution in [2.45, 2.75) is 19.5 Å². The highest BCUT2D eigenvalue weighted by Gasteiger charge is 2.43. The standard InChI is InChI=1S/C28H25NO4/c1-2-33-23-15-9-14-22(18-23)26-25(24(30)17-16-20-10-5-3-6-11-20)27(31)28(32)29(26)19-21-12-7-4-8-13-21/h3-18,26,31H,2,19H2,1H3. The van der Waals surface area contributed by atoms with Crippen LogP contribution in [-0.2, 0) is 16.1 Å². The number of hydrogen-bond acceptors (Lipinski definition) is 4. The number of benzene rings is 3. The van der Waals surface area contributed by atoms with Crippen molar-refractivity contribution in [3.8, 4) is 5.75 Å². The number of nitrogens with zero attached hydrogens (tertiary/aromatic N) is 1. The molecule has 3 aromatic rings. The second kappa shape index (κ2) is 10.0. The van der Waals surface area contributed by atoms with Gasteiger partial charge >= 0.3 is 0 Å². The average molecular weight is 440 g/mol. The third-order valence-corrected chi connectivity index (χ3v) is 5.48. The van der Waals surface area contributed by atoms with Crippen molar-refractivity contribution in [1.82, 2.24) is 4.90 Å². The van der Waals surface area contributed by atoms with E-state index in [-0.39, 0.29) is 12.1 Å². The number of allylic oxidation sites excluding steroid dienone is 1. The van der Waals surface area contributed by atoms with Crippen molar-refractivity contribution in [3.05, 3.63) is 119 Å². The number of hydrogen-bond donors (Lipinski definition) is 1. The molecule has 1 unspecified atom stereocenters. The molecule has 1 N–H and O–H groups in total. The SMILES string of the molecule is CCOc1cccc(C2C(C(=O)C=Cc3ccccc3)=C(O)C(=O)N2Cc2ccccc2)c1. The molecule has 1 aliphatic heterocycles. The van der Waals surface area contributed by atoms with Crippen LogP contribution in [-0.4, -0.2) is 28.3 Å². The van der Waals surface area contributed by atoms with Gasteiger partial charge in [-0.2, -0.15) is 0 Å². The summed E-state index contributed by atoms with van der Waals surface area (Å²) in [6.07, 6.45) is 3.08. The van der Waals surface area contributed by atoms with Crippen LogP contribution < -0.4 is 4.74 Å². The van der Waals surface area contributed by atoms with Crippen LogP contribution >= 0.6 is 0 Å². The second-order valence-corrected chi connectivity index (χ2v) is 7.70. The van der Waals surface area contributed by atoms with Crippen LogP contribution in [0.3, 0.4) is 0 Å². The number of carbonyl (C=O) groups excluding carboxylic acids is 2. The maximum absolute atomic E-state index is 13.3. The number of amides is 1. The van der Waals surface area contributed by atoms with E-state index < -0.39 is 23.5 Å². The molecule has 1 amide bonds. The summed E-state index contributed by atoms with van der Waals surface area (Å²) in [5.74, 6) is -0.852. The van der Waals surface area contributed by atoms with E-state index >= 15 is 0 Å². The molecule has 5 nitrogen and oxygen atoms in total. The Morgan fingerprint density at radius 1 is 1.00 bits per heavy atom. The van der Waals surface area contributed by atoms with Gasteiger partial charge in [0, 0.05) is 6.54 Å². The quantitative estimate of drug-likeness (QED) is 0.486. The summed E-state index contributed by atoms with van der Waals surface area (Å²) in [6, 6.07) is 25.5. The van der Waals surface area contributed by atoms with Crippen LogP contribution in [0.15, 0.2) is 102 Å². The topological polar surface area (TPSA) is 66.8 Å². The van der Waals surface area contributed by atoms with Gasteiger partial charge in [0.1, 0.15) is 5.75 Å². The molecule has 5 heteroatoms. The van der Waals surface area contributed by atoms with E-state index in [9.17, 15) is 14.7 Å². The zero-order chi connectivity index (χ0) is 23.2. The van der Waals surface area contributed by atoms with Crippen molar-refractivity contribution in [2.24, 2.45) is 0 Å². The number of aliphatic hydroxyl groups excluding tert-OH is 1. The maximum atomic E-state index is 13.3. The van der Waals surface area contributed by atoms with E-state index in [2.05, 4.69) is 0 Å². The summed E-state index contributed by atoms with van der Waals surface area (Å²) in [6.45, 7) is 2.64. The van der Waals surface area contributed by atoms with E-state index in [1.54, 1.807) is 6.08 Å². The number of ether oxygens (including phenoxy) is 1. The van der Waals surface area contributed by atoms with Gasteiger partial charge in [0.2, 0.25) is 0 Å². The minimum atomic E-state index is -0.731. The van der Waals surface area contributed by atoms with Crippen LogP contribution in [0.4, 0.5) is 0 Å². The van der Waals surface area contributed by atoms with E-state index in [1.807, 2.05) is 91.9 Å². The molecule has 1 atom stereocenters. The number of ketones is 1. The number of aliphatic hydroxyl groups is 1. The van der Waals surface area contributed by atoms with Crippen molar-refractivity contribution >= 4 is 17.8 Å². The van der Waals surface area contributed by atoms with Gasteiger partial charge in [-0.3, -0.25) is 9.59 Å². The molecule has 33 heavy (non-hydrogen) atoms. The van der Waals surface area contributed by atoms with E-state index in [0.29, 0.717) is 17.9 Å². The van der Waals surface area contributed by atoms with Gasteiger partial charge < -0.3 is 14.7 Å². The lowest BCUT2D eigenvalue weighted by molar-refractivity contribution is -0.130. The third-order valence-electron chi connectivity index (χ3n) is 5.48. The highest BCUT2D eigenvalue weighted by Crippen LogP contribution is 2.40. The fourth-order valence-corrected chi connectivity index (χ4v) is 3.96. The van der Waals surface area contributed by atoms with Crippen LogP contribution in [0.2, 0.25) is 0 Å². The Labute approximate surface area is 193 Å². The van der Waals surface area contributed by atoms with Crippen molar-refractivity contribution in [1.29, 1.82) is 0 Å². The maximum Gasteiger partial charge on any atom is 0.290 e. The summed E-state index contributed by atoms with van der Waals surface area (Å²) in [4.78, 5) is 27.9. The predicted octanol–water partition coefficient (Wildman–Crippen LogP) is 5.26. The van der Waals surface area contributed by atoms with Crippen LogP contribution in [0, 0.1) is 0 Å². The van der Waals surface area contributed by atoms with Gasteiger partial charge in [-0.25, -0.2) is 0 Å². The summed E-state index contributed by atoms with van der Waals surface area (Å²) in [5.41, 5.74) is 2.52. The molecule has 4 rings (SSSR count). The number of rotatable bonds is 8. The first-order chi connectivity index (χ1) is 16.1. The normalized spacial score (nSPS) is 16.0. The zero-order valence-corrected chi connectivity index (χ0v) is 18.3. The Morgan fingerprint density at radius 2 is 1.70 bits per heavy atom. The molecule has 0 aliphatic carbocycles. The molecule has 0 spiro atoms. The fraction of sp³-hybridized carbons (Fsp3) is 0.143. The predicted molar refractivity (Wildman–Crippen MR) is 127 cm³/mol. The van der Waals surface area contributed by atoms with Gasteiger partial charge in [-0.05, 0) is 41.8 Å². The highest BCUT2D eigenvalue weighted by atomic mass is 16.5. The molecule has 0 saturated carbocycles. The number of carbonyl (C=O) groups is 2. The summed E-state index contributed by atoms with van der Waals surface area (Å²) >= 11 is 0. The van der Waals surface area contributed by atoms with Crippen molar-refractivity contribution in [2.75, 3.05) is 6.61 Å². The van der Waals surface area contributed by atoms with E-state index in [0.717, 1.165) is 11.1 Å². The van der Waals surface area contributed by atoms with Crippen LogP contribution in [0.5, 0.6) is 5.75 Å². The molecule has 0 saturated heterocycles.